The highest BCUT2D eigenvalue weighted by Gasteiger charge is 2.15. The molecular weight excluding hydrogens is 300 g/mol. The summed E-state index contributed by atoms with van der Waals surface area (Å²) >= 11 is 0. The molecule has 1 aromatic carbocycles. The number of rotatable bonds is 3. The first-order valence-corrected chi connectivity index (χ1v) is 8.59. The molecule has 24 heavy (non-hydrogen) atoms. The highest BCUT2D eigenvalue weighted by molar-refractivity contribution is 6.03. The topological polar surface area (TPSA) is 58.1 Å². The minimum absolute atomic E-state index is 0.196. The average molecular weight is 324 g/mol. The van der Waals surface area contributed by atoms with Crippen LogP contribution in [0.4, 0.5) is 11.6 Å². The van der Waals surface area contributed by atoms with Crippen molar-refractivity contribution in [2.45, 2.75) is 39.5 Å². The number of carbonyl (C=O) groups is 1. The maximum absolute atomic E-state index is 12.5. The number of anilines is 2. The Morgan fingerprint density at radius 2 is 1.71 bits per heavy atom. The van der Waals surface area contributed by atoms with Crippen LogP contribution in [0, 0.1) is 13.8 Å². The number of hydrogen-bond acceptors (Lipinski definition) is 4. The molecule has 0 bridgehead atoms. The predicted octanol–water partition coefficient (Wildman–Crippen LogP) is 3.73. The van der Waals surface area contributed by atoms with Crippen LogP contribution in [0.25, 0.3) is 0 Å². The first-order valence-electron chi connectivity index (χ1n) is 8.59. The van der Waals surface area contributed by atoms with Crippen molar-refractivity contribution in [1.82, 2.24) is 9.97 Å². The minimum atomic E-state index is -0.196. The molecule has 3 rings (SSSR count). The summed E-state index contributed by atoms with van der Waals surface area (Å²) in [5, 5.41) is 2.93. The zero-order valence-corrected chi connectivity index (χ0v) is 14.4. The van der Waals surface area contributed by atoms with Crippen LogP contribution < -0.4 is 10.2 Å². The van der Waals surface area contributed by atoms with E-state index in [1.807, 2.05) is 26.0 Å². The molecule has 0 radical (unpaired) electrons. The summed E-state index contributed by atoms with van der Waals surface area (Å²) < 4.78 is 0. The van der Waals surface area contributed by atoms with Crippen LogP contribution in [-0.4, -0.2) is 29.0 Å². The van der Waals surface area contributed by atoms with Crippen molar-refractivity contribution in [3.63, 3.8) is 0 Å². The first-order chi connectivity index (χ1) is 11.6. The number of nitrogens with one attached hydrogen (secondary N) is 1. The van der Waals surface area contributed by atoms with Crippen LogP contribution >= 0.6 is 0 Å². The molecule has 0 aliphatic carbocycles. The van der Waals surface area contributed by atoms with E-state index in [1.165, 1.54) is 12.8 Å². The van der Waals surface area contributed by atoms with Gasteiger partial charge in [0.15, 0.2) is 0 Å². The van der Waals surface area contributed by atoms with E-state index in [0.29, 0.717) is 11.6 Å². The van der Waals surface area contributed by atoms with E-state index >= 15 is 0 Å². The maximum atomic E-state index is 12.5. The Morgan fingerprint density at radius 3 is 2.38 bits per heavy atom. The number of nitrogens with zero attached hydrogens (tertiary/aromatic N) is 3. The SMILES string of the molecule is Cc1cc(C)cc(NC(=O)c2ccnc(N3CCCCCC3)n2)c1. The van der Waals surface area contributed by atoms with Gasteiger partial charge < -0.3 is 10.2 Å². The molecule has 1 amide bonds. The molecule has 2 aromatic rings. The summed E-state index contributed by atoms with van der Waals surface area (Å²) in [4.78, 5) is 23.5. The molecule has 2 heterocycles. The molecule has 5 heteroatoms. The Labute approximate surface area is 143 Å². The van der Waals surface area contributed by atoms with E-state index in [2.05, 4.69) is 26.3 Å². The zero-order valence-electron chi connectivity index (χ0n) is 14.4. The Hall–Kier alpha value is -2.43. The van der Waals surface area contributed by atoms with E-state index < -0.39 is 0 Å². The molecule has 1 aromatic heterocycles. The van der Waals surface area contributed by atoms with E-state index in [1.54, 1.807) is 12.3 Å². The molecule has 1 fully saturated rings. The summed E-state index contributed by atoms with van der Waals surface area (Å²) in [6, 6.07) is 7.67. The largest absolute Gasteiger partial charge is 0.341 e. The molecule has 5 nitrogen and oxygen atoms in total. The zero-order chi connectivity index (χ0) is 16.9. The van der Waals surface area contributed by atoms with Crippen molar-refractivity contribution < 1.29 is 4.79 Å². The van der Waals surface area contributed by atoms with Crippen molar-refractivity contribution in [2.75, 3.05) is 23.3 Å². The van der Waals surface area contributed by atoms with Gasteiger partial charge in [-0.05, 0) is 56.0 Å². The lowest BCUT2D eigenvalue weighted by atomic mass is 10.1. The van der Waals surface area contributed by atoms with Gasteiger partial charge in [-0.25, -0.2) is 9.97 Å². The summed E-state index contributed by atoms with van der Waals surface area (Å²) in [5.74, 6) is 0.462. The van der Waals surface area contributed by atoms with Gasteiger partial charge in [-0.15, -0.1) is 0 Å². The van der Waals surface area contributed by atoms with Crippen molar-refractivity contribution in [3.8, 4) is 0 Å². The van der Waals surface area contributed by atoms with Gasteiger partial charge in [0.2, 0.25) is 5.95 Å². The second-order valence-corrected chi connectivity index (χ2v) is 6.47. The summed E-state index contributed by atoms with van der Waals surface area (Å²) in [7, 11) is 0. The molecular formula is C19H24N4O. The Balaban J connectivity index is 1.76. The number of carbonyl (C=O) groups excluding carboxylic acids is 1. The van der Waals surface area contributed by atoms with Gasteiger partial charge in [0, 0.05) is 25.0 Å². The third kappa shape index (κ3) is 4.10. The molecule has 0 spiro atoms. The van der Waals surface area contributed by atoms with Crippen molar-refractivity contribution in [3.05, 3.63) is 47.3 Å². The van der Waals surface area contributed by atoms with Crippen LogP contribution in [0.5, 0.6) is 0 Å². The van der Waals surface area contributed by atoms with Crippen LogP contribution in [0.3, 0.4) is 0 Å². The second kappa shape index (κ2) is 7.43. The van der Waals surface area contributed by atoms with Crippen LogP contribution in [-0.2, 0) is 0 Å². The van der Waals surface area contributed by atoms with Gasteiger partial charge in [0.05, 0.1) is 0 Å². The van der Waals surface area contributed by atoms with Gasteiger partial charge in [-0.2, -0.15) is 0 Å². The lowest BCUT2D eigenvalue weighted by molar-refractivity contribution is 0.102. The van der Waals surface area contributed by atoms with Gasteiger partial charge in [0.1, 0.15) is 5.69 Å². The van der Waals surface area contributed by atoms with Gasteiger partial charge in [-0.1, -0.05) is 18.9 Å². The lowest BCUT2D eigenvalue weighted by Gasteiger charge is -2.20. The molecule has 0 atom stereocenters. The second-order valence-electron chi connectivity index (χ2n) is 6.47. The minimum Gasteiger partial charge on any atom is -0.341 e. The first kappa shape index (κ1) is 16.4. The quantitative estimate of drug-likeness (QED) is 0.934. The smallest absolute Gasteiger partial charge is 0.274 e. The van der Waals surface area contributed by atoms with Gasteiger partial charge >= 0.3 is 0 Å². The number of aromatic nitrogens is 2. The van der Waals surface area contributed by atoms with Crippen molar-refractivity contribution in [2.24, 2.45) is 0 Å². The fourth-order valence-corrected chi connectivity index (χ4v) is 3.14. The third-order valence-electron chi connectivity index (χ3n) is 4.24. The lowest BCUT2D eigenvalue weighted by Crippen LogP contribution is -2.27. The summed E-state index contributed by atoms with van der Waals surface area (Å²) in [6.45, 7) is 5.96. The Kier molecular flexibility index (Phi) is 5.08. The summed E-state index contributed by atoms with van der Waals surface area (Å²) in [6.07, 6.45) is 6.49. The standard InChI is InChI=1S/C19H24N4O/c1-14-11-15(2)13-16(12-14)21-18(24)17-7-8-20-19(22-17)23-9-5-3-4-6-10-23/h7-8,11-13H,3-6,9-10H2,1-2H3,(H,21,24). The molecule has 1 N–H and O–H groups in total. The van der Waals surface area contributed by atoms with Crippen LogP contribution in [0.1, 0.15) is 47.3 Å². The highest BCUT2D eigenvalue weighted by Crippen LogP contribution is 2.17. The van der Waals surface area contributed by atoms with E-state index in [-0.39, 0.29) is 5.91 Å². The monoisotopic (exact) mass is 324 g/mol. The molecule has 1 aliphatic heterocycles. The predicted molar refractivity (Wildman–Crippen MR) is 96.6 cm³/mol. The molecule has 1 saturated heterocycles. The Morgan fingerprint density at radius 1 is 1.04 bits per heavy atom. The van der Waals surface area contributed by atoms with E-state index in [4.69, 9.17) is 0 Å². The number of aryl methyl sites for hydroxylation is 2. The van der Waals surface area contributed by atoms with E-state index in [9.17, 15) is 4.79 Å². The Bertz CT molecular complexity index is 701. The highest BCUT2D eigenvalue weighted by atomic mass is 16.1. The fraction of sp³-hybridized carbons (Fsp3) is 0.421. The number of amides is 1. The van der Waals surface area contributed by atoms with Crippen molar-refractivity contribution in [1.29, 1.82) is 0 Å². The van der Waals surface area contributed by atoms with Crippen LogP contribution in [0.15, 0.2) is 30.5 Å². The molecule has 0 saturated carbocycles. The molecule has 0 unspecified atom stereocenters. The third-order valence-corrected chi connectivity index (χ3v) is 4.24. The van der Waals surface area contributed by atoms with E-state index in [0.717, 1.165) is 42.7 Å². The normalized spacial score (nSPS) is 15.0. The van der Waals surface area contributed by atoms with Crippen molar-refractivity contribution >= 4 is 17.5 Å². The molecule has 1 aliphatic rings. The fourth-order valence-electron chi connectivity index (χ4n) is 3.14. The van der Waals surface area contributed by atoms with Crippen LogP contribution in [0.2, 0.25) is 0 Å². The number of benzene rings is 1. The summed E-state index contributed by atoms with van der Waals surface area (Å²) in [5.41, 5.74) is 3.45. The average Bonchev–Trinajstić information content (AvgIpc) is 2.83. The maximum Gasteiger partial charge on any atom is 0.274 e. The van der Waals surface area contributed by atoms with Gasteiger partial charge in [-0.3, -0.25) is 4.79 Å². The number of hydrogen-bond donors (Lipinski definition) is 1. The molecule has 126 valence electrons. The van der Waals surface area contributed by atoms with Gasteiger partial charge in [0.25, 0.3) is 5.91 Å².